The summed E-state index contributed by atoms with van der Waals surface area (Å²) in [4.78, 5) is 0. The molecule has 124 valence electrons. The van der Waals surface area contributed by atoms with Crippen molar-refractivity contribution in [3.63, 3.8) is 0 Å². The highest BCUT2D eigenvalue weighted by atomic mass is 16.7. The Morgan fingerprint density at radius 1 is 0.750 bits per heavy atom. The summed E-state index contributed by atoms with van der Waals surface area (Å²) in [6.07, 6.45) is 14.0. The first-order chi connectivity index (χ1) is 9.35. The Balaban J connectivity index is 0. The van der Waals surface area contributed by atoms with Crippen molar-refractivity contribution in [1.82, 2.24) is 0 Å². The SMILES string of the molecule is CCCCCCCCCCCC[NH2+]CC(OC)OC.[OH-]. The Kier molecular flexibility index (Phi) is 20.8. The fraction of sp³-hybridized carbons (Fsp3) is 1.00. The molecule has 0 atom stereocenters. The van der Waals surface area contributed by atoms with Crippen molar-refractivity contribution in [3.05, 3.63) is 0 Å². The first-order valence-corrected chi connectivity index (χ1v) is 8.22. The monoisotopic (exact) mass is 291 g/mol. The molecule has 0 saturated carbocycles. The third kappa shape index (κ3) is 15.9. The molecule has 0 rings (SSSR count). The van der Waals surface area contributed by atoms with Gasteiger partial charge in [-0.3, -0.25) is 0 Å². The molecule has 0 unspecified atom stereocenters. The fourth-order valence-electron chi connectivity index (χ4n) is 2.32. The van der Waals surface area contributed by atoms with E-state index in [1.165, 1.54) is 70.8 Å². The lowest BCUT2D eigenvalue weighted by molar-refractivity contribution is -0.667. The van der Waals surface area contributed by atoms with Crippen LogP contribution in [-0.2, 0) is 9.47 Å². The minimum Gasteiger partial charge on any atom is -0.870 e. The molecule has 0 aliphatic heterocycles. The highest BCUT2D eigenvalue weighted by molar-refractivity contribution is 4.46. The van der Waals surface area contributed by atoms with Crippen LogP contribution in [0.3, 0.4) is 0 Å². The summed E-state index contributed by atoms with van der Waals surface area (Å²) in [6, 6.07) is 0. The van der Waals surface area contributed by atoms with Gasteiger partial charge in [-0.15, -0.1) is 0 Å². The van der Waals surface area contributed by atoms with Gasteiger partial charge in [0.25, 0.3) is 0 Å². The second-order valence-electron chi connectivity index (χ2n) is 5.40. The van der Waals surface area contributed by atoms with Crippen molar-refractivity contribution in [2.75, 3.05) is 27.3 Å². The van der Waals surface area contributed by atoms with Crippen LogP contribution < -0.4 is 5.32 Å². The average Bonchev–Trinajstić information content (AvgIpc) is 2.44. The smallest absolute Gasteiger partial charge is 0.206 e. The van der Waals surface area contributed by atoms with E-state index in [2.05, 4.69) is 12.2 Å². The molecule has 0 aliphatic rings. The predicted molar refractivity (Wildman–Crippen MR) is 83.2 cm³/mol. The van der Waals surface area contributed by atoms with Crippen LogP contribution in [0.1, 0.15) is 71.1 Å². The largest absolute Gasteiger partial charge is 0.870 e. The molecule has 3 N–H and O–H groups in total. The van der Waals surface area contributed by atoms with Gasteiger partial charge in [-0.05, 0) is 12.8 Å². The van der Waals surface area contributed by atoms with Gasteiger partial charge in [-0.2, -0.15) is 0 Å². The molecular formula is C16H37NO3. The van der Waals surface area contributed by atoms with Gasteiger partial charge in [-0.1, -0.05) is 58.3 Å². The summed E-state index contributed by atoms with van der Waals surface area (Å²) in [6.45, 7) is 4.38. The lowest BCUT2D eigenvalue weighted by Crippen LogP contribution is -2.86. The number of ether oxygens (including phenoxy) is 2. The number of quaternary nitrogens is 1. The summed E-state index contributed by atoms with van der Waals surface area (Å²) in [7, 11) is 3.39. The van der Waals surface area contributed by atoms with E-state index < -0.39 is 0 Å². The molecule has 4 heteroatoms. The van der Waals surface area contributed by atoms with Gasteiger partial charge in [0.15, 0.2) is 0 Å². The van der Waals surface area contributed by atoms with E-state index in [0.29, 0.717) is 0 Å². The molecule has 0 aromatic rings. The minimum absolute atomic E-state index is 0. The van der Waals surface area contributed by atoms with Crippen LogP contribution in [0.2, 0.25) is 0 Å². The van der Waals surface area contributed by atoms with Gasteiger partial charge in [0.1, 0.15) is 6.54 Å². The first kappa shape index (κ1) is 22.1. The van der Waals surface area contributed by atoms with Crippen molar-refractivity contribution in [2.45, 2.75) is 77.4 Å². The molecule has 0 radical (unpaired) electrons. The van der Waals surface area contributed by atoms with Crippen molar-refractivity contribution >= 4 is 0 Å². The molecule has 0 fully saturated rings. The Morgan fingerprint density at radius 2 is 1.20 bits per heavy atom. The summed E-state index contributed by atoms with van der Waals surface area (Å²) < 4.78 is 10.3. The number of hydrogen-bond acceptors (Lipinski definition) is 3. The van der Waals surface area contributed by atoms with E-state index in [1.807, 2.05) is 0 Å². The van der Waals surface area contributed by atoms with Gasteiger partial charge in [-0.25, -0.2) is 0 Å². The highest BCUT2D eigenvalue weighted by Gasteiger charge is 2.05. The zero-order valence-corrected chi connectivity index (χ0v) is 13.9. The zero-order chi connectivity index (χ0) is 14.2. The molecule has 0 bridgehead atoms. The molecule has 0 spiro atoms. The standard InChI is InChI=1S/C16H35NO2.H2O/c1-4-5-6-7-8-9-10-11-12-13-14-17-15-16(18-2)19-3;/h16-17H,4-15H2,1-3H3;1H2. The number of methoxy groups -OCH3 is 2. The maximum absolute atomic E-state index is 5.15. The second-order valence-corrected chi connectivity index (χ2v) is 5.40. The van der Waals surface area contributed by atoms with Gasteiger partial charge in [0, 0.05) is 14.2 Å². The lowest BCUT2D eigenvalue weighted by atomic mass is 10.1. The minimum atomic E-state index is -0.0527. The summed E-state index contributed by atoms with van der Waals surface area (Å²) >= 11 is 0. The predicted octanol–water partition coefficient (Wildman–Crippen LogP) is 2.91. The molecule has 0 aromatic heterocycles. The first-order valence-electron chi connectivity index (χ1n) is 8.22. The van der Waals surface area contributed by atoms with Crippen LogP contribution in [0.15, 0.2) is 0 Å². The van der Waals surface area contributed by atoms with Crippen molar-refractivity contribution in [2.24, 2.45) is 0 Å². The van der Waals surface area contributed by atoms with Crippen LogP contribution in [0, 0.1) is 0 Å². The van der Waals surface area contributed by atoms with Gasteiger partial charge < -0.3 is 20.3 Å². The Hall–Kier alpha value is -0.160. The molecule has 20 heavy (non-hydrogen) atoms. The third-order valence-corrected chi connectivity index (χ3v) is 3.65. The third-order valence-electron chi connectivity index (χ3n) is 3.65. The van der Waals surface area contributed by atoms with E-state index in [9.17, 15) is 0 Å². The molecule has 4 nitrogen and oxygen atoms in total. The van der Waals surface area contributed by atoms with Gasteiger partial charge in [0.05, 0.1) is 6.54 Å². The van der Waals surface area contributed by atoms with E-state index in [-0.39, 0.29) is 11.8 Å². The quantitative estimate of drug-likeness (QED) is 0.373. The summed E-state index contributed by atoms with van der Waals surface area (Å²) in [5.41, 5.74) is 0. The molecular weight excluding hydrogens is 254 g/mol. The van der Waals surface area contributed by atoms with Crippen LogP contribution in [0.4, 0.5) is 0 Å². The summed E-state index contributed by atoms with van der Waals surface area (Å²) in [5, 5.41) is 2.29. The maximum atomic E-state index is 5.15. The Morgan fingerprint density at radius 3 is 1.65 bits per heavy atom. The van der Waals surface area contributed by atoms with E-state index in [1.54, 1.807) is 14.2 Å². The van der Waals surface area contributed by atoms with Crippen LogP contribution in [0.5, 0.6) is 0 Å². The molecule has 0 aromatic carbocycles. The van der Waals surface area contributed by atoms with E-state index in [4.69, 9.17) is 9.47 Å². The fourth-order valence-corrected chi connectivity index (χ4v) is 2.32. The van der Waals surface area contributed by atoms with Gasteiger partial charge >= 0.3 is 0 Å². The van der Waals surface area contributed by atoms with Crippen molar-refractivity contribution in [3.8, 4) is 0 Å². The number of hydrogen-bond donors (Lipinski definition) is 1. The number of unbranched alkanes of at least 4 members (excludes halogenated alkanes) is 9. The average molecular weight is 291 g/mol. The molecule has 0 aliphatic carbocycles. The van der Waals surface area contributed by atoms with Crippen molar-refractivity contribution in [1.29, 1.82) is 0 Å². The number of nitrogens with two attached hydrogens (primary N) is 1. The van der Waals surface area contributed by atoms with Gasteiger partial charge in [0.2, 0.25) is 6.29 Å². The van der Waals surface area contributed by atoms with E-state index >= 15 is 0 Å². The highest BCUT2D eigenvalue weighted by Crippen LogP contribution is 2.09. The van der Waals surface area contributed by atoms with Crippen LogP contribution in [0.25, 0.3) is 0 Å². The normalized spacial score (nSPS) is 10.8. The zero-order valence-electron chi connectivity index (χ0n) is 13.9. The Bertz CT molecular complexity index is 164. The summed E-state index contributed by atoms with van der Waals surface area (Å²) in [5.74, 6) is 0. The molecule has 0 saturated heterocycles. The van der Waals surface area contributed by atoms with E-state index in [0.717, 1.165) is 6.54 Å². The second kappa shape index (κ2) is 18.8. The van der Waals surface area contributed by atoms with Crippen LogP contribution in [-0.4, -0.2) is 39.1 Å². The number of rotatable bonds is 15. The maximum Gasteiger partial charge on any atom is 0.206 e. The Labute approximate surface area is 125 Å². The van der Waals surface area contributed by atoms with Crippen molar-refractivity contribution < 1.29 is 20.3 Å². The van der Waals surface area contributed by atoms with Crippen LogP contribution >= 0.6 is 0 Å². The topological polar surface area (TPSA) is 65.1 Å². The molecule has 0 amide bonds. The molecule has 0 heterocycles. The lowest BCUT2D eigenvalue weighted by Gasteiger charge is -2.11.